The van der Waals surface area contributed by atoms with E-state index in [1.54, 1.807) is 49.4 Å². The van der Waals surface area contributed by atoms with Crippen LogP contribution >= 0.6 is 11.6 Å². The summed E-state index contributed by atoms with van der Waals surface area (Å²) >= 11 is 6.07. The molecule has 1 N–H and O–H groups in total. The molecule has 0 aromatic heterocycles. The SMILES string of the molecule is Cc1ccc(S(=O)(=O)N(CC(=O)Nc2c(C)cccc2C)c2ccc(Cl)cc2C)cc1. The maximum absolute atomic E-state index is 13.5. The van der Waals surface area contributed by atoms with E-state index in [2.05, 4.69) is 5.32 Å². The first-order valence-electron chi connectivity index (χ1n) is 9.81. The summed E-state index contributed by atoms with van der Waals surface area (Å²) in [5.41, 5.74) is 4.51. The zero-order chi connectivity index (χ0) is 22.8. The van der Waals surface area contributed by atoms with Crippen molar-refractivity contribution in [2.75, 3.05) is 16.2 Å². The van der Waals surface area contributed by atoms with Crippen LogP contribution in [-0.4, -0.2) is 20.9 Å². The molecular weight excluding hydrogens is 432 g/mol. The van der Waals surface area contributed by atoms with E-state index in [9.17, 15) is 13.2 Å². The monoisotopic (exact) mass is 456 g/mol. The Hall–Kier alpha value is -2.83. The molecule has 0 heterocycles. The number of nitrogens with one attached hydrogen (secondary N) is 1. The van der Waals surface area contributed by atoms with Crippen molar-refractivity contribution in [1.82, 2.24) is 0 Å². The van der Waals surface area contributed by atoms with Crippen molar-refractivity contribution >= 4 is 38.9 Å². The van der Waals surface area contributed by atoms with E-state index < -0.39 is 15.9 Å². The van der Waals surface area contributed by atoms with Crippen LogP contribution in [0.25, 0.3) is 0 Å². The van der Waals surface area contributed by atoms with Gasteiger partial charge in [-0.15, -0.1) is 0 Å². The summed E-state index contributed by atoms with van der Waals surface area (Å²) in [5.74, 6) is -0.428. The van der Waals surface area contributed by atoms with Crippen LogP contribution in [0.2, 0.25) is 5.02 Å². The van der Waals surface area contributed by atoms with Gasteiger partial charge in [-0.05, 0) is 74.7 Å². The number of anilines is 2. The molecule has 31 heavy (non-hydrogen) atoms. The summed E-state index contributed by atoms with van der Waals surface area (Å²) < 4.78 is 28.2. The summed E-state index contributed by atoms with van der Waals surface area (Å²) in [7, 11) is -3.98. The Balaban J connectivity index is 2.02. The number of carbonyl (C=O) groups is 1. The molecule has 3 rings (SSSR count). The van der Waals surface area contributed by atoms with Gasteiger partial charge in [-0.3, -0.25) is 9.10 Å². The average Bonchev–Trinajstić information content (AvgIpc) is 2.70. The highest BCUT2D eigenvalue weighted by Crippen LogP contribution is 2.29. The fraction of sp³-hybridized carbons (Fsp3) is 0.208. The molecule has 0 atom stereocenters. The molecule has 162 valence electrons. The molecule has 0 unspecified atom stereocenters. The number of nitrogens with zero attached hydrogens (tertiary/aromatic N) is 1. The molecule has 0 saturated carbocycles. The molecule has 0 aliphatic carbocycles. The predicted molar refractivity (Wildman–Crippen MR) is 126 cm³/mol. The van der Waals surface area contributed by atoms with Gasteiger partial charge in [0.25, 0.3) is 10.0 Å². The van der Waals surface area contributed by atoms with Crippen LogP contribution < -0.4 is 9.62 Å². The lowest BCUT2D eigenvalue weighted by Crippen LogP contribution is -2.38. The standard InChI is InChI=1S/C24H25ClN2O3S/c1-16-8-11-21(12-9-16)31(29,30)27(22-13-10-20(25)14-19(22)4)15-23(28)26-24-17(2)6-5-7-18(24)3/h5-14H,15H2,1-4H3,(H,26,28). The number of hydrogen-bond acceptors (Lipinski definition) is 3. The first kappa shape index (κ1) is 22.8. The van der Waals surface area contributed by atoms with Crippen molar-refractivity contribution in [3.05, 3.63) is 87.9 Å². The van der Waals surface area contributed by atoms with Crippen LogP contribution in [0, 0.1) is 27.7 Å². The fourth-order valence-corrected chi connectivity index (χ4v) is 5.07. The molecule has 0 radical (unpaired) electrons. The third-order valence-corrected chi connectivity index (χ3v) is 7.08. The first-order chi connectivity index (χ1) is 14.6. The quantitative estimate of drug-likeness (QED) is 0.539. The molecule has 3 aromatic rings. The van der Waals surface area contributed by atoms with Gasteiger partial charge in [0.05, 0.1) is 10.6 Å². The minimum Gasteiger partial charge on any atom is -0.324 e. The number of aryl methyl sites for hydroxylation is 4. The maximum atomic E-state index is 13.5. The molecule has 0 spiro atoms. The Labute approximate surface area is 188 Å². The van der Waals surface area contributed by atoms with Gasteiger partial charge in [-0.1, -0.05) is 47.5 Å². The smallest absolute Gasteiger partial charge is 0.264 e. The van der Waals surface area contributed by atoms with Crippen molar-refractivity contribution in [2.24, 2.45) is 0 Å². The predicted octanol–water partition coefficient (Wildman–Crippen LogP) is 5.41. The minimum atomic E-state index is -3.98. The summed E-state index contributed by atoms with van der Waals surface area (Å²) in [6, 6.07) is 17.2. The lowest BCUT2D eigenvalue weighted by Gasteiger charge is -2.26. The number of amides is 1. The van der Waals surface area contributed by atoms with Crippen molar-refractivity contribution in [2.45, 2.75) is 32.6 Å². The van der Waals surface area contributed by atoms with Gasteiger partial charge in [-0.25, -0.2) is 8.42 Å². The number of hydrogen-bond donors (Lipinski definition) is 1. The van der Waals surface area contributed by atoms with E-state index in [1.807, 2.05) is 39.0 Å². The molecule has 0 fully saturated rings. The van der Waals surface area contributed by atoms with Crippen LogP contribution in [0.4, 0.5) is 11.4 Å². The lowest BCUT2D eigenvalue weighted by atomic mass is 10.1. The van der Waals surface area contributed by atoms with Gasteiger partial charge >= 0.3 is 0 Å². The molecule has 3 aromatic carbocycles. The third kappa shape index (κ3) is 5.09. The van der Waals surface area contributed by atoms with Crippen LogP contribution in [0.1, 0.15) is 22.3 Å². The Morgan fingerprint density at radius 3 is 2.10 bits per heavy atom. The normalized spacial score (nSPS) is 11.3. The molecule has 5 nitrogen and oxygen atoms in total. The van der Waals surface area contributed by atoms with Crippen LogP contribution in [-0.2, 0) is 14.8 Å². The largest absolute Gasteiger partial charge is 0.324 e. The van der Waals surface area contributed by atoms with Gasteiger partial charge in [0, 0.05) is 10.7 Å². The van der Waals surface area contributed by atoms with Crippen molar-refractivity contribution < 1.29 is 13.2 Å². The van der Waals surface area contributed by atoms with Crippen LogP contribution in [0.3, 0.4) is 0 Å². The van der Waals surface area contributed by atoms with E-state index in [0.29, 0.717) is 22.0 Å². The zero-order valence-electron chi connectivity index (χ0n) is 17.9. The second-order valence-corrected chi connectivity index (χ2v) is 9.87. The third-order valence-electron chi connectivity index (χ3n) is 5.07. The maximum Gasteiger partial charge on any atom is 0.264 e. The Morgan fingerprint density at radius 1 is 0.903 bits per heavy atom. The summed E-state index contributed by atoms with van der Waals surface area (Å²) in [4.78, 5) is 13.1. The summed E-state index contributed by atoms with van der Waals surface area (Å²) in [6.45, 7) is 7.07. The highest BCUT2D eigenvalue weighted by molar-refractivity contribution is 7.92. The van der Waals surface area contributed by atoms with E-state index in [-0.39, 0.29) is 11.4 Å². The first-order valence-corrected chi connectivity index (χ1v) is 11.6. The Bertz CT molecular complexity index is 1200. The summed E-state index contributed by atoms with van der Waals surface area (Å²) in [6.07, 6.45) is 0. The van der Waals surface area contributed by atoms with Gasteiger partial charge in [-0.2, -0.15) is 0 Å². The van der Waals surface area contributed by atoms with Crippen molar-refractivity contribution in [1.29, 1.82) is 0 Å². The van der Waals surface area contributed by atoms with E-state index in [4.69, 9.17) is 11.6 Å². The van der Waals surface area contributed by atoms with Crippen molar-refractivity contribution in [3.63, 3.8) is 0 Å². The second kappa shape index (κ2) is 9.12. The van der Waals surface area contributed by atoms with Crippen molar-refractivity contribution in [3.8, 4) is 0 Å². The van der Waals surface area contributed by atoms with Crippen LogP contribution in [0.5, 0.6) is 0 Å². The van der Waals surface area contributed by atoms with E-state index in [1.165, 1.54) is 0 Å². The number of rotatable bonds is 6. The molecule has 0 aliphatic heterocycles. The number of benzene rings is 3. The number of para-hydroxylation sites is 1. The summed E-state index contributed by atoms with van der Waals surface area (Å²) in [5, 5.41) is 3.37. The molecule has 0 saturated heterocycles. The molecule has 1 amide bonds. The minimum absolute atomic E-state index is 0.118. The van der Waals surface area contributed by atoms with E-state index in [0.717, 1.165) is 21.0 Å². The second-order valence-electron chi connectivity index (χ2n) is 7.57. The lowest BCUT2D eigenvalue weighted by molar-refractivity contribution is -0.114. The van der Waals surface area contributed by atoms with Crippen LogP contribution in [0.15, 0.2) is 65.6 Å². The molecular formula is C24H25ClN2O3S. The highest BCUT2D eigenvalue weighted by atomic mass is 35.5. The van der Waals surface area contributed by atoms with E-state index >= 15 is 0 Å². The van der Waals surface area contributed by atoms with Gasteiger partial charge in [0.1, 0.15) is 6.54 Å². The average molecular weight is 457 g/mol. The molecule has 0 aliphatic rings. The molecule has 7 heteroatoms. The Kier molecular flexibility index (Phi) is 6.72. The number of halogens is 1. The zero-order valence-corrected chi connectivity index (χ0v) is 19.5. The molecule has 0 bridgehead atoms. The van der Waals surface area contributed by atoms with Gasteiger partial charge < -0.3 is 5.32 Å². The van der Waals surface area contributed by atoms with Gasteiger partial charge in [0.2, 0.25) is 5.91 Å². The topological polar surface area (TPSA) is 66.5 Å². The highest BCUT2D eigenvalue weighted by Gasteiger charge is 2.28. The fourth-order valence-electron chi connectivity index (χ4n) is 3.36. The van der Waals surface area contributed by atoms with Gasteiger partial charge in [0.15, 0.2) is 0 Å². The Morgan fingerprint density at radius 2 is 1.52 bits per heavy atom. The number of sulfonamides is 1. The number of carbonyl (C=O) groups excluding carboxylic acids is 1.